The number of rotatable bonds is 3. The Kier molecular flexibility index (Phi) is 4.68. The lowest BCUT2D eigenvalue weighted by Gasteiger charge is -2.32. The molecule has 0 amide bonds. The first kappa shape index (κ1) is 17.7. The molecular weight excluding hydrogens is 333 g/mol. The van der Waals surface area contributed by atoms with E-state index >= 15 is 0 Å². The van der Waals surface area contributed by atoms with Gasteiger partial charge in [0, 0.05) is 44.5 Å². The molecule has 9 heteroatoms. The van der Waals surface area contributed by atoms with Gasteiger partial charge < -0.3 is 9.80 Å². The van der Waals surface area contributed by atoms with Crippen LogP contribution >= 0.6 is 0 Å². The number of likely N-dealkylation sites (N-methyl/N-ethyl adjacent to an activating group) is 1. The Balaban J connectivity index is 2.05. The molecule has 0 radical (unpaired) electrons. The summed E-state index contributed by atoms with van der Waals surface area (Å²) in [7, 11) is 1.98. The minimum atomic E-state index is -4.52. The molecule has 0 saturated carbocycles. The van der Waals surface area contributed by atoms with E-state index in [9.17, 15) is 13.2 Å². The molecule has 1 fully saturated rings. The van der Waals surface area contributed by atoms with Gasteiger partial charge in [0.25, 0.3) is 0 Å². The minimum absolute atomic E-state index is 0.126. The first-order valence-electron chi connectivity index (χ1n) is 8.22. The molecule has 0 atom stereocenters. The maximum Gasteiger partial charge on any atom is 0.433 e. The second-order valence-electron chi connectivity index (χ2n) is 6.21. The van der Waals surface area contributed by atoms with Crippen LogP contribution in [0.2, 0.25) is 0 Å². The summed E-state index contributed by atoms with van der Waals surface area (Å²) in [6, 6.07) is 1.00. The van der Waals surface area contributed by atoms with E-state index in [1.165, 1.54) is 0 Å². The number of nitrogens with zero attached hydrogens (tertiary/aromatic N) is 6. The van der Waals surface area contributed by atoms with Gasteiger partial charge in [0.05, 0.1) is 11.4 Å². The number of aryl methyl sites for hydroxylation is 2. The summed E-state index contributed by atoms with van der Waals surface area (Å²) in [5.41, 5.74) is 0.589. The van der Waals surface area contributed by atoms with Crippen molar-refractivity contribution in [1.82, 2.24) is 24.6 Å². The lowest BCUT2D eigenvalue weighted by Crippen LogP contribution is -2.45. The molecule has 1 saturated heterocycles. The Morgan fingerprint density at radius 2 is 1.80 bits per heavy atom. The second-order valence-corrected chi connectivity index (χ2v) is 6.21. The number of hydrogen-bond acceptors (Lipinski definition) is 5. The summed E-state index contributed by atoms with van der Waals surface area (Å²) >= 11 is 0. The number of anilines is 1. The molecule has 1 aliphatic heterocycles. The Morgan fingerprint density at radius 3 is 2.36 bits per heavy atom. The molecule has 0 aliphatic carbocycles. The standard InChI is InChI=1S/C16H21F3N6/c1-4-25-10-12(11(2)22-25)13-9-14(16(17,18)19)21-15(20-13)24-7-5-23(3)6-8-24/h9-10H,4-8H2,1-3H3. The maximum atomic E-state index is 13.3. The zero-order valence-electron chi connectivity index (χ0n) is 14.5. The predicted molar refractivity (Wildman–Crippen MR) is 88.4 cm³/mol. The van der Waals surface area contributed by atoms with Crippen molar-refractivity contribution in [2.45, 2.75) is 26.6 Å². The molecule has 3 rings (SSSR count). The fourth-order valence-corrected chi connectivity index (χ4v) is 2.80. The lowest BCUT2D eigenvalue weighted by molar-refractivity contribution is -0.141. The van der Waals surface area contributed by atoms with Crippen molar-refractivity contribution in [3.05, 3.63) is 23.7 Å². The summed E-state index contributed by atoms with van der Waals surface area (Å²) in [4.78, 5) is 12.1. The molecule has 0 aromatic carbocycles. The molecule has 136 valence electrons. The van der Waals surface area contributed by atoms with Crippen LogP contribution in [0.5, 0.6) is 0 Å². The van der Waals surface area contributed by atoms with Crippen molar-refractivity contribution >= 4 is 5.95 Å². The molecule has 0 N–H and O–H groups in total. The van der Waals surface area contributed by atoms with Gasteiger partial charge in [-0.3, -0.25) is 4.68 Å². The van der Waals surface area contributed by atoms with Crippen molar-refractivity contribution in [2.24, 2.45) is 0 Å². The van der Waals surface area contributed by atoms with E-state index in [4.69, 9.17) is 0 Å². The second kappa shape index (κ2) is 6.62. The van der Waals surface area contributed by atoms with Crippen LogP contribution in [-0.4, -0.2) is 57.9 Å². The van der Waals surface area contributed by atoms with E-state index in [0.717, 1.165) is 19.2 Å². The van der Waals surface area contributed by atoms with Gasteiger partial charge in [-0.15, -0.1) is 0 Å². The van der Waals surface area contributed by atoms with Gasteiger partial charge in [-0.1, -0.05) is 0 Å². The fraction of sp³-hybridized carbons (Fsp3) is 0.562. The largest absolute Gasteiger partial charge is 0.433 e. The van der Waals surface area contributed by atoms with Crippen LogP contribution < -0.4 is 4.90 Å². The van der Waals surface area contributed by atoms with Gasteiger partial charge in [-0.05, 0) is 27.0 Å². The first-order chi connectivity index (χ1) is 11.8. The van der Waals surface area contributed by atoms with Crippen LogP contribution in [0.4, 0.5) is 19.1 Å². The van der Waals surface area contributed by atoms with Crippen LogP contribution in [0, 0.1) is 6.92 Å². The van der Waals surface area contributed by atoms with Crippen molar-refractivity contribution in [1.29, 1.82) is 0 Å². The quantitative estimate of drug-likeness (QED) is 0.847. The Morgan fingerprint density at radius 1 is 1.12 bits per heavy atom. The zero-order chi connectivity index (χ0) is 18.2. The third kappa shape index (κ3) is 3.76. The van der Waals surface area contributed by atoms with Crippen molar-refractivity contribution < 1.29 is 13.2 Å². The van der Waals surface area contributed by atoms with Crippen LogP contribution in [0.3, 0.4) is 0 Å². The molecule has 2 aromatic heterocycles. The summed E-state index contributed by atoms with van der Waals surface area (Å²) in [6.45, 7) is 7.07. The highest BCUT2D eigenvalue weighted by molar-refractivity contribution is 5.63. The first-order valence-corrected chi connectivity index (χ1v) is 8.22. The molecular formula is C16H21F3N6. The predicted octanol–water partition coefficient (Wildman–Crippen LogP) is 2.44. The Hall–Kier alpha value is -2.16. The topological polar surface area (TPSA) is 50.1 Å². The van der Waals surface area contributed by atoms with Gasteiger partial charge >= 0.3 is 6.18 Å². The average Bonchev–Trinajstić information content (AvgIpc) is 2.95. The van der Waals surface area contributed by atoms with E-state index in [-0.39, 0.29) is 11.6 Å². The van der Waals surface area contributed by atoms with E-state index < -0.39 is 11.9 Å². The Labute approximate surface area is 144 Å². The van der Waals surface area contributed by atoms with E-state index in [1.807, 2.05) is 14.0 Å². The third-order valence-electron chi connectivity index (χ3n) is 4.34. The molecule has 25 heavy (non-hydrogen) atoms. The number of aromatic nitrogens is 4. The maximum absolute atomic E-state index is 13.3. The monoisotopic (exact) mass is 354 g/mol. The minimum Gasteiger partial charge on any atom is -0.338 e. The molecule has 3 heterocycles. The van der Waals surface area contributed by atoms with Gasteiger partial charge in [0.15, 0.2) is 5.69 Å². The number of hydrogen-bond donors (Lipinski definition) is 0. The van der Waals surface area contributed by atoms with Crippen molar-refractivity contribution in [3.8, 4) is 11.3 Å². The van der Waals surface area contributed by atoms with Gasteiger partial charge in [-0.2, -0.15) is 18.3 Å². The summed E-state index contributed by atoms with van der Waals surface area (Å²) in [5, 5.41) is 4.30. The fourth-order valence-electron chi connectivity index (χ4n) is 2.80. The molecule has 2 aromatic rings. The van der Waals surface area contributed by atoms with E-state index in [1.54, 1.807) is 22.7 Å². The normalized spacial score (nSPS) is 16.5. The van der Waals surface area contributed by atoms with Crippen LogP contribution in [-0.2, 0) is 12.7 Å². The smallest absolute Gasteiger partial charge is 0.338 e. The van der Waals surface area contributed by atoms with Crippen LogP contribution in [0.25, 0.3) is 11.3 Å². The molecule has 0 spiro atoms. The van der Waals surface area contributed by atoms with E-state index in [2.05, 4.69) is 20.0 Å². The SMILES string of the molecule is CCn1cc(-c2cc(C(F)(F)F)nc(N3CCN(C)CC3)n2)c(C)n1. The number of piperazine rings is 1. The summed E-state index contributed by atoms with van der Waals surface area (Å²) < 4.78 is 41.7. The highest BCUT2D eigenvalue weighted by atomic mass is 19.4. The van der Waals surface area contributed by atoms with Crippen LogP contribution in [0.15, 0.2) is 12.3 Å². The van der Waals surface area contributed by atoms with Gasteiger partial charge in [0.2, 0.25) is 5.95 Å². The lowest BCUT2D eigenvalue weighted by atomic mass is 10.1. The molecule has 0 bridgehead atoms. The third-order valence-corrected chi connectivity index (χ3v) is 4.34. The van der Waals surface area contributed by atoms with Crippen molar-refractivity contribution in [2.75, 3.05) is 38.1 Å². The number of alkyl halides is 3. The van der Waals surface area contributed by atoms with Crippen LogP contribution in [0.1, 0.15) is 18.3 Å². The molecule has 0 unspecified atom stereocenters. The molecule has 6 nitrogen and oxygen atoms in total. The summed E-state index contributed by atoms with van der Waals surface area (Å²) in [5.74, 6) is 0.126. The average molecular weight is 354 g/mol. The summed E-state index contributed by atoms with van der Waals surface area (Å²) in [6.07, 6.45) is -2.79. The zero-order valence-corrected chi connectivity index (χ0v) is 14.5. The van der Waals surface area contributed by atoms with Gasteiger partial charge in [-0.25, -0.2) is 9.97 Å². The highest BCUT2D eigenvalue weighted by Gasteiger charge is 2.35. The van der Waals surface area contributed by atoms with Gasteiger partial charge in [0.1, 0.15) is 0 Å². The molecule has 1 aliphatic rings. The highest BCUT2D eigenvalue weighted by Crippen LogP contribution is 2.32. The van der Waals surface area contributed by atoms with Crippen molar-refractivity contribution in [3.63, 3.8) is 0 Å². The Bertz CT molecular complexity index is 747. The number of halogens is 3. The van der Waals surface area contributed by atoms with E-state index in [0.29, 0.717) is 30.9 Å².